The molecule has 0 N–H and O–H groups in total. The van der Waals surface area contributed by atoms with Crippen LogP contribution >= 0.6 is 45.3 Å². The third kappa shape index (κ3) is 6.46. The third-order valence-electron chi connectivity index (χ3n) is 14.5. The summed E-state index contributed by atoms with van der Waals surface area (Å²) in [6, 6.07) is 56.3. The van der Waals surface area contributed by atoms with E-state index in [2.05, 4.69) is 218 Å². The van der Waals surface area contributed by atoms with E-state index in [4.69, 9.17) is 0 Å². The standard InChI is InChI=1S/C61H51BN2S4/c1-34-26-47-57-48(27-34)64(46-29-40(21-19-36(46)3)54-31-38-15-11-13-17-50(38)66-54)59-56(44-33-42(61(7,8)9)23-25-52(44)68-59)62(57)55-43-32-41(60(4,5)6)22-24-51(43)67-58(55)63(47)45-28-39(20-18-35(45)2)53-30-37-14-10-12-16-49(37)65-53/h10-33H,1-9H3. The van der Waals surface area contributed by atoms with Crippen LogP contribution in [0.5, 0.6) is 0 Å². The number of hydrogen-bond donors (Lipinski definition) is 0. The molecule has 7 heteroatoms. The number of anilines is 6. The Kier molecular flexibility index (Phi) is 9.32. The normalized spacial score (nSPS) is 13.6. The fourth-order valence-corrected chi connectivity index (χ4v) is 15.5. The van der Waals surface area contributed by atoms with E-state index in [1.807, 2.05) is 45.3 Å². The fraction of sp³-hybridized carbons (Fsp3) is 0.180. The first-order valence-electron chi connectivity index (χ1n) is 23.8. The van der Waals surface area contributed by atoms with Crippen molar-refractivity contribution in [1.82, 2.24) is 0 Å². The molecule has 0 atom stereocenters. The molecule has 0 bridgehead atoms. The lowest BCUT2D eigenvalue weighted by molar-refractivity contribution is 0.591. The van der Waals surface area contributed by atoms with E-state index < -0.39 is 0 Å². The highest BCUT2D eigenvalue weighted by Crippen LogP contribution is 2.53. The van der Waals surface area contributed by atoms with Gasteiger partial charge in [-0.1, -0.05) is 126 Å². The average molecular weight is 951 g/mol. The Balaban J connectivity index is 1.14. The first kappa shape index (κ1) is 42.2. The number of nitrogens with zero attached hydrogens (tertiary/aromatic N) is 2. The van der Waals surface area contributed by atoms with Gasteiger partial charge in [0.2, 0.25) is 0 Å². The molecule has 0 fully saturated rings. The summed E-state index contributed by atoms with van der Waals surface area (Å²) >= 11 is 7.70. The second-order valence-electron chi connectivity index (χ2n) is 21.2. The Morgan fingerprint density at radius 1 is 0.397 bits per heavy atom. The van der Waals surface area contributed by atoms with Crippen molar-refractivity contribution in [3.63, 3.8) is 0 Å². The second kappa shape index (κ2) is 15.0. The highest BCUT2D eigenvalue weighted by Gasteiger charge is 2.47. The Labute approximate surface area is 415 Å². The molecule has 0 saturated heterocycles. The summed E-state index contributed by atoms with van der Waals surface area (Å²) in [6.45, 7) is 21.0. The maximum Gasteiger partial charge on any atom is 0.256 e. The van der Waals surface area contributed by atoms with Gasteiger partial charge in [0, 0.05) is 39.9 Å². The first-order valence-corrected chi connectivity index (χ1v) is 27.0. The Morgan fingerprint density at radius 2 is 0.838 bits per heavy atom. The average Bonchev–Trinajstić information content (AvgIpc) is 4.11. The van der Waals surface area contributed by atoms with Crippen LogP contribution in [0.15, 0.2) is 146 Å². The van der Waals surface area contributed by atoms with Crippen molar-refractivity contribution >= 4 is 142 Å². The maximum atomic E-state index is 2.67. The zero-order valence-corrected chi connectivity index (χ0v) is 43.2. The number of benzene rings is 7. The van der Waals surface area contributed by atoms with Crippen LogP contribution in [0.25, 0.3) is 61.2 Å². The van der Waals surface area contributed by atoms with Gasteiger partial charge in [0.25, 0.3) is 6.71 Å². The van der Waals surface area contributed by atoms with Crippen LogP contribution in [-0.2, 0) is 10.8 Å². The van der Waals surface area contributed by atoms with Gasteiger partial charge in [-0.3, -0.25) is 0 Å². The van der Waals surface area contributed by atoms with Crippen molar-refractivity contribution < 1.29 is 0 Å². The minimum Gasteiger partial charge on any atom is -0.302 e. The minimum atomic E-state index is -0.00508. The van der Waals surface area contributed by atoms with Crippen LogP contribution in [0.4, 0.5) is 32.8 Å². The highest BCUT2D eigenvalue weighted by molar-refractivity contribution is 7.29. The van der Waals surface area contributed by atoms with Gasteiger partial charge in [0.1, 0.15) is 0 Å². The molecule has 2 aliphatic rings. The van der Waals surface area contributed by atoms with Gasteiger partial charge in [-0.15, -0.1) is 45.3 Å². The molecular weight excluding hydrogens is 900 g/mol. The molecule has 0 spiro atoms. The summed E-state index contributed by atoms with van der Waals surface area (Å²) < 4.78 is 5.31. The van der Waals surface area contributed by atoms with Crippen molar-refractivity contribution in [3.8, 4) is 20.9 Å². The van der Waals surface area contributed by atoms with Gasteiger partial charge in [-0.25, -0.2) is 0 Å². The number of rotatable bonds is 4. The highest BCUT2D eigenvalue weighted by atomic mass is 32.1. The Hall–Kier alpha value is -5.96. The SMILES string of the molecule is Cc1cc2c3c(c1)N(c1cc(-c4cc5ccccc5s4)ccc1C)c1sc4ccc(C(C)(C)C)cc4c1B3c1c(sc3ccc(C(C)(C)C)cc13)N2c1cc(-c2cc3ccccc3s2)ccc1C. The summed E-state index contributed by atoms with van der Waals surface area (Å²) in [6.07, 6.45) is 0. The van der Waals surface area contributed by atoms with Crippen LogP contribution < -0.4 is 26.2 Å². The predicted molar refractivity (Wildman–Crippen MR) is 304 cm³/mol. The third-order valence-corrected chi connectivity index (χ3v) is 19.2. The zero-order chi connectivity index (χ0) is 46.5. The molecule has 0 aliphatic carbocycles. The molecule has 6 heterocycles. The predicted octanol–water partition coefficient (Wildman–Crippen LogP) is 17.5. The van der Waals surface area contributed by atoms with Gasteiger partial charge in [-0.2, -0.15) is 0 Å². The first-order chi connectivity index (χ1) is 32.7. The number of hydrogen-bond acceptors (Lipinski definition) is 6. The molecule has 0 saturated carbocycles. The number of fused-ring (bicyclic) bond motifs is 10. The summed E-state index contributed by atoms with van der Waals surface area (Å²) in [5, 5.41) is 7.98. The summed E-state index contributed by atoms with van der Waals surface area (Å²) in [5.41, 5.74) is 18.3. The van der Waals surface area contributed by atoms with Gasteiger partial charge in [-0.05, 0) is 169 Å². The lowest BCUT2D eigenvalue weighted by Gasteiger charge is -2.43. The van der Waals surface area contributed by atoms with Crippen molar-refractivity contribution in [2.75, 3.05) is 9.80 Å². The molecule has 2 aliphatic heterocycles. The van der Waals surface area contributed by atoms with Crippen LogP contribution in [0, 0.1) is 20.8 Å². The van der Waals surface area contributed by atoms with E-state index in [9.17, 15) is 0 Å². The van der Waals surface area contributed by atoms with Crippen molar-refractivity contribution in [2.45, 2.75) is 73.1 Å². The quantitative estimate of drug-likeness (QED) is 0.162. The molecule has 4 aromatic heterocycles. The topological polar surface area (TPSA) is 6.48 Å². The minimum absolute atomic E-state index is 0.00508. The number of thiophene rings is 4. The van der Waals surface area contributed by atoms with E-state index >= 15 is 0 Å². The molecule has 13 rings (SSSR count). The van der Waals surface area contributed by atoms with Gasteiger partial charge in [0.05, 0.1) is 21.4 Å². The molecule has 0 unspecified atom stereocenters. The fourth-order valence-electron chi connectivity index (χ4n) is 10.8. The molecule has 0 radical (unpaired) electrons. The molecule has 0 amide bonds. The van der Waals surface area contributed by atoms with Crippen molar-refractivity contribution in [1.29, 1.82) is 0 Å². The monoisotopic (exact) mass is 950 g/mol. The van der Waals surface area contributed by atoms with Crippen LogP contribution in [-0.4, -0.2) is 6.71 Å². The van der Waals surface area contributed by atoms with E-state index in [1.165, 1.54) is 138 Å². The Bertz CT molecular complexity index is 3590. The lowest BCUT2D eigenvalue weighted by atomic mass is 9.33. The van der Waals surface area contributed by atoms with E-state index in [0.29, 0.717) is 0 Å². The molecule has 2 nitrogen and oxygen atoms in total. The van der Waals surface area contributed by atoms with Gasteiger partial charge < -0.3 is 9.80 Å². The maximum absolute atomic E-state index is 2.67. The van der Waals surface area contributed by atoms with Gasteiger partial charge >= 0.3 is 0 Å². The van der Waals surface area contributed by atoms with Crippen LogP contribution in [0.1, 0.15) is 69.4 Å². The zero-order valence-electron chi connectivity index (χ0n) is 40.0. The lowest BCUT2D eigenvalue weighted by Crippen LogP contribution is -2.60. The van der Waals surface area contributed by atoms with Crippen LogP contribution in [0.3, 0.4) is 0 Å². The van der Waals surface area contributed by atoms with Crippen LogP contribution in [0.2, 0.25) is 0 Å². The molecule has 332 valence electrons. The van der Waals surface area contributed by atoms with Gasteiger partial charge in [0.15, 0.2) is 0 Å². The van der Waals surface area contributed by atoms with E-state index in [0.717, 1.165) is 0 Å². The summed E-state index contributed by atoms with van der Waals surface area (Å²) in [4.78, 5) is 7.93. The molecular formula is C61H51BN2S4. The number of aryl methyl sites for hydroxylation is 3. The summed E-state index contributed by atoms with van der Waals surface area (Å²) in [5.74, 6) is 0. The van der Waals surface area contributed by atoms with Crippen molar-refractivity contribution in [3.05, 3.63) is 173 Å². The largest absolute Gasteiger partial charge is 0.302 e. The van der Waals surface area contributed by atoms with E-state index in [1.54, 1.807) is 0 Å². The second-order valence-corrected chi connectivity index (χ2v) is 25.4. The Morgan fingerprint density at radius 3 is 1.26 bits per heavy atom. The molecule has 68 heavy (non-hydrogen) atoms. The van der Waals surface area contributed by atoms with E-state index in [-0.39, 0.29) is 17.5 Å². The molecule has 11 aromatic rings. The van der Waals surface area contributed by atoms with Crippen molar-refractivity contribution in [2.24, 2.45) is 0 Å². The molecule has 7 aromatic carbocycles. The summed E-state index contributed by atoms with van der Waals surface area (Å²) in [7, 11) is 0. The smallest absolute Gasteiger partial charge is 0.256 e.